The maximum absolute atomic E-state index is 13.7. The second-order valence-corrected chi connectivity index (χ2v) is 5.01. The zero-order chi connectivity index (χ0) is 14.4. The van der Waals surface area contributed by atoms with Gasteiger partial charge in [-0.3, -0.25) is 0 Å². The van der Waals surface area contributed by atoms with Crippen LogP contribution in [0.4, 0.5) is 8.78 Å². The van der Waals surface area contributed by atoms with Gasteiger partial charge in [-0.25, -0.2) is 8.78 Å². The van der Waals surface area contributed by atoms with Gasteiger partial charge in [-0.1, -0.05) is 18.2 Å². The third kappa shape index (κ3) is 4.02. The lowest BCUT2D eigenvalue weighted by molar-refractivity contribution is 0.312. The van der Waals surface area contributed by atoms with E-state index in [0.717, 1.165) is 5.75 Å². The normalized spacial score (nSPS) is 10.6. The maximum atomic E-state index is 13.7. The molecular formula is C15H14BrF2NO. The van der Waals surface area contributed by atoms with E-state index < -0.39 is 11.6 Å². The lowest BCUT2D eigenvalue weighted by Crippen LogP contribution is -2.22. The van der Waals surface area contributed by atoms with Crippen molar-refractivity contribution < 1.29 is 13.5 Å². The highest BCUT2D eigenvalue weighted by Crippen LogP contribution is 2.21. The molecule has 20 heavy (non-hydrogen) atoms. The number of halogens is 3. The van der Waals surface area contributed by atoms with E-state index in [-0.39, 0.29) is 16.6 Å². The van der Waals surface area contributed by atoms with Gasteiger partial charge in [-0.05, 0) is 40.2 Å². The molecule has 0 saturated heterocycles. The van der Waals surface area contributed by atoms with Gasteiger partial charge in [-0.2, -0.15) is 0 Å². The van der Waals surface area contributed by atoms with Crippen molar-refractivity contribution in [2.45, 2.75) is 6.54 Å². The van der Waals surface area contributed by atoms with Crippen LogP contribution in [0.5, 0.6) is 5.75 Å². The van der Waals surface area contributed by atoms with Gasteiger partial charge >= 0.3 is 0 Å². The van der Waals surface area contributed by atoms with E-state index in [0.29, 0.717) is 13.2 Å². The Hall–Kier alpha value is -1.46. The molecular weight excluding hydrogens is 328 g/mol. The number of hydrogen-bond acceptors (Lipinski definition) is 2. The molecule has 0 amide bonds. The average molecular weight is 342 g/mol. The van der Waals surface area contributed by atoms with Gasteiger partial charge in [0.25, 0.3) is 0 Å². The first-order chi connectivity index (χ1) is 9.68. The molecule has 0 bridgehead atoms. The molecule has 0 saturated carbocycles. The Labute approximate surface area is 124 Å². The van der Waals surface area contributed by atoms with Crippen LogP contribution in [0.25, 0.3) is 0 Å². The molecule has 1 N–H and O–H groups in total. The number of nitrogens with one attached hydrogen (secondary N) is 1. The fraction of sp³-hybridized carbons (Fsp3) is 0.200. The summed E-state index contributed by atoms with van der Waals surface area (Å²) in [5.74, 6) is -0.349. The first-order valence-electron chi connectivity index (χ1n) is 6.19. The monoisotopic (exact) mass is 341 g/mol. The van der Waals surface area contributed by atoms with Crippen LogP contribution < -0.4 is 10.1 Å². The van der Waals surface area contributed by atoms with Crippen LogP contribution in [-0.4, -0.2) is 13.2 Å². The van der Waals surface area contributed by atoms with Gasteiger partial charge in [0, 0.05) is 18.7 Å². The zero-order valence-corrected chi connectivity index (χ0v) is 12.3. The maximum Gasteiger partial charge on any atom is 0.144 e. The van der Waals surface area contributed by atoms with E-state index in [9.17, 15) is 8.78 Å². The molecule has 0 fully saturated rings. The molecule has 2 nitrogen and oxygen atoms in total. The van der Waals surface area contributed by atoms with Crippen LogP contribution in [-0.2, 0) is 6.54 Å². The molecule has 106 valence electrons. The lowest BCUT2D eigenvalue weighted by atomic mass is 10.2. The number of ether oxygens (including phenoxy) is 1. The molecule has 0 aliphatic carbocycles. The molecule has 0 atom stereocenters. The Balaban J connectivity index is 1.78. The first kappa shape index (κ1) is 14.9. The van der Waals surface area contributed by atoms with Gasteiger partial charge < -0.3 is 10.1 Å². The van der Waals surface area contributed by atoms with E-state index in [1.54, 1.807) is 0 Å². The Kier molecular flexibility index (Phi) is 5.49. The summed E-state index contributed by atoms with van der Waals surface area (Å²) in [4.78, 5) is 0. The summed E-state index contributed by atoms with van der Waals surface area (Å²) in [5, 5.41) is 2.95. The standard InChI is InChI=1S/C15H14BrF2NO/c16-13-6-7-14(17)12(15(13)18)10-19-8-9-20-11-4-2-1-3-5-11/h1-7,19H,8-10H2. The average Bonchev–Trinajstić information content (AvgIpc) is 2.47. The van der Waals surface area contributed by atoms with Gasteiger partial charge in [0.2, 0.25) is 0 Å². The van der Waals surface area contributed by atoms with Crippen molar-refractivity contribution in [3.63, 3.8) is 0 Å². The predicted molar refractivity (Wildman–Crippen MR) is 77.7 cm³/mol. The van der Waals surface area contributed by atoms with E-state index >= 15 is 0 Å². The highest BCUT2D eigenvalue weighted by atomic mass is 79.9. The summed E-state index contributed by atoms with van der Waals surface area (Å²) in [6.07, 6.45) is 0. The highest BCUT2D eigenvalue weighted by molar-refractivity contribution is 9.10. The van der Waals surface area contributed by atoms with Crippen LogP contribution in [0.2, 0.25) is 0 Å². The molecule has 2 aromatic rings. The number of benzene rings is 2. The molecule has 0 unspecified atom stereocenters. The van der Waals surface area contributed by atoms with Crippen molar-refractivity contribution in [1.29, 1.82) is 0 Å². The number of hydrogen-bond donors (Lipinski definition) is 1. The summed E-state index contributed by atoms with van der Waals surface area (Å²) < 4.78 is 32.9. The van der Waals surface area contributed by atoms with Crippen LogP contribution >= 0.6 is 15.9 Å². The zero-order valence-electron chi connectivity index (χ0n) is 10.7. The smallest absolute Gasteiger partial charge is 0.144 e. The van der Waals surface area contributed by atoms with Crippen molar-refractivity contribution in [1.82, 2.24) is 5.32 Å². The molecule has 5 heteroatoms. The molecule has 0 radical (unpaired) electrons. The molecule has 0 aromatic heterocycles. The van der Waals surface area contributed by atoms with Crippen LogP contribution in [0.1, 0.15) is 5.56 Å². The Morgan fingerprint density at radius 2 is 1.80 bits per heavy atom. The summed E-state index contributed by atoms with van der Waals surface area (Å²) in [7, 11) is 0. The molecule has 0 heterocycles. The lowest BCUT2D eigenvalue weighted by Gasteiger charge is -2.09. The number of rotatable bonds is 6. The van der Waals surface area contributed by atoms with Crippen LogP contribution in [0.15, 0.2) is 46.9 Å². The van der Waals surface area contributed by atoms with Crippen molar-refractivity contribution in [2.24, 2.45) is 0 Å². The van der Waals surface area contributed by atoms with Gasteiger partial charge in [0.1, 0.15) is 24.0 Å². The van der Waals surface area contributed by atoms with E-state index in [1.165, 1.54) is 12.1 Å². The minimum Gasteiger partial charge on any atom is -0.492 e. The summed E-state index contributed by atoms with van der Waals surface area (Å²) >= 11 is 3.04. The van der Waals surface area contributed by atoms with E-state index in [2.05, 4.69) is 21.2 Å². The fourth-order valence-electron chi connectivity index (χ4n) is 1.70. The third-order valence-electron chi connectivity index (χ3n) is 2.73. The van der Waals surface area contributed by atoms with Crippen molar-refractivity contribution in [3.05, 3.63) is 64.1 Å². The quantitative estimate of drug-likeness (QED) is 0.635. The number of para-hydroxylation sites is 1. The topological polar surface area (TPSA) is 21.3 Å². The second kappa shape index (κ2) is 7.36. The summed E-state index contributed by atoms with van der Waals surface area (Å²) in [6.45, 7) is 1.05. The van der Waals surface area contributed by atoms with Gasteiger partial charge in [0.15, 0.2) is 0 Å². The molecule has 0 spiro atoms. The third-order valence-corrected chi connectivity index (χ3v) is 3.34. The van der Waals surface area contributed by atoms with Gasteiger partial charge in [-0.15, -0.1) is 0 Å². The van der Waals surface area contributed by atoms with Gasteiger partial charge in [0.05, 0.1) is 4.47 Å². The minimum atomic E-state index is -0.568. The van der Waals surface area contributed by atoms with Crippen molar-refractivity contribution in [2.75, 3.05) is 13.2 Å². The Morgan fingerprint density at radius 3 is 2.55 bits per heavy atom. The highest BCUT2D eigenvalue weighted by Gasteiger charge is 2.11. The first-order valence-corrected chi connectivity index (χ1v) is 6.98. The van der Waals surface area contributed by atoms with E-state index in [4.69, 9.17) is 4.74 Å². The Bertz CT molecular complexity index is 563. The largest absolute Gasteiger partial charge is 0.492 e. The Morgan fingerprint density at radius 1 is 1.05 bits per heavy atom. The molecule has 2 rings (SSSR count). The minimum absolute atomic E-state index is 0.0269. The molecule has 0 aliphatic rings. The van der Waals surface area contributed by atoms with Crippen molar-refractivity contribution >= 4 is 15.9 Å². The predicted octanol–water partition coefficient (Wildman–Crippen LogP) is 3.90. The van der Waals surface area contributed by atoms with Crippen molar-refractivity contribution in [3.8, 4) is 5.75 Å². The molecule has 2 aromatic carbocycles. The van der Waals surface area contributed by atoms with Crippen LogP contribution in [0.3, 0.4) is 0 Å². The molecule has 0 aliphatic heterocycles. The SMILES string of the molecule is Fc1ccc(Br)c(F)c1CNCCOc1ccccc1. The van der Waals surface area contributed by atoms with E-state index in [1.807, 2.05) is 30.3 Å². The fourth-order valence-corrected chi connectivity index (χ4v) is 2.07. The summed E-state index contributed by atoms with van der Waals surface area (Å²) in [6, 6.07) is 12.0. The van der Waals surface area contributed by atoms with Crippen LogP contribution in [0, 0.1) is 11.6 Å². The second-order valence-electron chi connectivity index (χ2n) is 4.16. The summed E-state index contributed by atoms with van der Waals surface area (Å²) in [5.41, 5.74) is 0.0269.